The molecule has 0 saturated carbocycles. The van der Waals surface area contributed by atoms with E-state index in [1.165, 1.54) is 4.90 Å². The summed E-state index contributed by atoms with van der Waals surface area (Å²) < 4.78 is 0. The standard InChI is InChI=1S/C9H12N2O2/c1-2-3-4-5-11-8(12)6-10-7-9(11)13/h1,10H,3-7H2. The van der Waals surface area contributed by atoms with Gasteiger partial charge in [-0.2, -0.15) is 0 Å². The molecule has 1 heterocycles. The van der Waals surface area contributed by atoms with Crippen LogP contribution in [-0.4, -0.2) is 36.3 Å². The molecule has 0 unspecified atom stereocenters. The van der Waals surface area contributed by atoms with Gasteiger partial charge in [0.2, 0.25) is 11.8 Å². The molecular weight excluding hydrogens is 168 g/mol. The van der Waals surface area contributed by atoms with Gasteiger partial charge in [-0.15, -0.1) is 12.3 Å². The van der Waals surface area contributed by atoms with Crippen LogP contribution in [0.4, 0.5) is 0 Å². The van der Waals surface area contributed by atoms with Crippen LogP contribution in [0, 0.1) is 12.3 Å². The number of piperazine rings is 1. The lowest BCUT2D eigenvalue weighted by molar-refractivity contribution is -0.146. The summed E-state index contributed by atoms with van der Waals surface area (Å²) >= 11 is 0. The maximum absolute atomic E-state index is 11.2. The van der Waals surface area contributed by atoms with Gasteiger partial charge in [0.05, 0.1) is 13.1 Å². The van der Waals surface area contributed by atoms with E-state index in [0.29, 0.717) is 19.4 Å². The molecule has 1 saturated heterocycles. The summed E-state index contributed by atoms with van der Waals surface area (Å²) in [5.74, 6) is 2.15. The second kappa shape index (κ2) is 4.63. The SMILES string of the molecule is C#CCCCN1C(=O)CNCC1=O. The normalized spacial score (nSPS) is 17.3. The molecule has 1 rings (SSSR count). The molecule has 0 atom stereocenters. The molecule has 1 N–H and O–H groups in total. The van der Waals surface area contributed by atoms with Crippen LogP contribution in [0.5, 0.6) is 0 Å². The Kier molecular flexibility index (Phi) is 3.47. The number of rotatable bonds is 3. The summed E-state index contributed by atoms with van der Waals surface area (Å²) in [5, 5.41) is 2.72. The third-order valence-corrected chi connectivity index (χ3v) is 1.86. The van der Waals surface area contributed by atoms with Crippen LogP contribution in [0.1, 0.15) is 12.8 Å². The number of hydrogen-bond donors (Lipinski definition) is 1. The molecule has 0 radical (unpaired) electrons. The van der Waals surface area contributed by atoms with Crippen molar-refractivity contribution >= 4 is 11.8 Å². The minimum atomic E-state index is -0.159. The van der Waals surface area contributed by atoms with E-state index >= 15 is 0 Å². The van der Waals surface area contributed by atoms with E-state index in [9.17, 15) is 9.59 Å². The minimum absolute atomic E-state index is 0.159. The highest BCUT2D eigenvalue weighted by atomic mass is 16.2. The van der Waals surface area contributed by atoms with E-state index < -0.39 is 0 Å². The molecule has 0 aromatic rings. The zero-order valence-corrected chi connectivity index (χ0v) is 7.38. The number of terminal acetylenes is 1. The first-order valence-electron chi connectivity index (χ1n) is 4.23. The average Bonchev–Trinajstić information content (AvgIpc) is 2.10. The van der Waals surface area contributed by atoms with Crippen molar-refractivity contribution in [1.82, 2.24) is 10.2 Å². The molecule has 0 aromatic heterocycles. The summed E-state index contributed by atoms with van der Waals surface area (Å²) in [6.07, 6.45) is 6.35. The lowest BCUT2D eigenvalue weighted by Gasteiger charge is -2.24. The van der Waals surface area contributed by atoms with Crippen molar-refractivity contribution in [2.24, 2.45) is 0 Å². The summed E-state index contributed by atoms with van der Waals surface area (Å²) in [7, 11) is 0. The topological polar surface area (TPSA) is 49.4 Å². The van der Waals surface area contributed by atoms with Crippen LogP contribution in [0.25, 0.3) is 0 Å². The predicted molar refractivity (Wildman–Crippen MR) is 47.7 cm³/mol. The lowest BCUT2D eigenvalue weighted by atomic mass is 10.2. The number of unbranched alkanes of at least 4 members (excludes halogenated alkanes) is 1. The molecule has 1 aliphatic heterocycles. The largest absolute Gasteiger partial charge is 0.300 e. The maximum atomic E-state index is 11.2. The Hall–Kier alpha value is -1.34. The molecule has 2 amide bonds. The van der Waals surface area contributed by atoms with Gasteiger partial charge in [-0.1, -0.05) is 0 Å². The second-order valence-electron chi connectivity index (χ2n) is 2.85. The van der Waals surface area contributed by atoms with Crippen LogP contribution in [-0.2, 0) is 9.59 Å². The van der Waals surface area contributed by atoms with Gasteiger partial charge < -0.3 is 0 Å². The summed E-state index contributed by atoms with van der Waals surface area (Å²) in [4.78, 5) is 23.7. The minimum Gasteiger partial charge on any atom is -0.300 e. The van der Waals surface area contributed by atoms with Crippen molar-refractivity contribution in [3.05, 3.63) is 0 Å². The molecule has 13 heavy (non-hydrogen) atoms. The van der Waals surface area contributed by atoms with Crippen LogP contribution in [0.2, 0.25) is 0 Å². The fraction of sp³-hybridized carbons (Fsp3) is 0.556. The number of carbonyl (C=O) groups excluding carboxylic acids is 2. The number of amides is 2. The monoisotopic (exact) mass is 180 g/mol. The van der Waals surface area contributed by atoms with Gasteiger partial charge >= 0.3 is 0 Å². The van der Waals surface area contributed by atoms with Crippen LogP contribution >= 0.6 is 0 Å². The Balaban J connectivity index is 2.41. The highest BCUT2D eigenvalue weighted by molar-refractivity contribution is 5.99. The predicted octanol–water partition coefficient (Wildman–Crippen LogP) is -0.642. The Bertz CT molecular complexity index is 239. The number of imide groups is 1. The van der Waals surface area contributed by atoms with E-state index in [2.05, 4.69) is 11.2 Å². The Morgan fingerprint density at radius 2 is 2.00 bits per heavy atom. The first kappa shape index (κ1) is 9.75. The fourth-order valence-electron chi connectivity index (χ4n) is 1.19. The Morgan fingerprint density at radius 3 is 2.54 bits per heavy atom. The Morgan fingerprint density at radius 1 is 1.38 bits per heavy atom. The van der Waals surface area contributed by atoms with Crippen LogP contribution in [0.15, 0.2) is 0 Å². The quantitative estimate of drug-likeness (QED) is 0.357. The number of carbonyl (C=O) groups is 2. The second-order valence-corrected chi connectivity index (χ2v) is 2.85. The van der Waals surface area contributed by atoms with Gasteiger partial charge in [0.1, 0.15) is 0 Å². The summed E-state index contributed by atoms with van der Waals surface area (Å²) in [5.41, 5.74) is 0. The fourth-order valence-corrected chi connectivity index (χ4v) is 1.19. The van der Waals surface area contributed by atoms with Gasteiger partial charge in [-0.25, -0.2) is 0 Å². The molecule has 70 valence electrons. The highest BCUT2D eigenvalue weighted by Crippen LogP contribution is 1.99. The number of nitrogens with one attached hydrogen (secondary N) is 1. The highest BCUT2D eigenvalue weighted by Gasteiger charge is 2.24. The molecular formula is C9H12N2O2. The Labute approximate surface area is 77.3 Å². The van der Waals surface area contributed by atoms with Crippen molar-refractivity contribution in [3.8, 4) is 12.3 Å². The van der Waals surface area contributed by atoms with Gasteiger partial charge in [0, 0.05) is 13.0 Å². The lowest BCUT2D eigenvalue weighted by Crippen LogP contribution is -2.52. The first-order chi connectivity index (χ1) is 6.25. The maximum Gasteiger partial charge on any atom is 0.243 e. The molecule has 0 aromatic carbocycles. The van der Waals surface area contributed by atoms with Crippen molar-refractivity contribution < 1.29 is 9.59 Å². The molecule has 1 aliphatic rings. The molecule has 0 bridgehead atoms. The van der Waals surface area contributed by atoms with Crippen LogP contribution < -0.4 is 5.32 Å². The van der Waals surface area contributed by atoms with E-state index in [0.717, 1.165) is 0 Å². The van der Waals surface area contributed by atoms with Gasteiger partial charge in [-0.05, 0) is 6.42 Å². The molecule has 4 nitrogen and oxygen atoms in total. The van der Waals surface area contributed by atoms with Crippen molar-refractivity contribution in [1.29, 1.82) is 0 Å². The van der Waals surface area contributed by atoms with Crippen molar-refractivity contribution in [3.63, 3.8) is 0 Å². The molecule has 4 heteroatoms. The van der Waals surface area contributed by atoms with Crippen molar-refractivity contribution in [2.75, 3.05) is 19.6 Å². The van der Waals surface area contributed by atoms with E-state index in [1.54, 1.807) is 0 Å². The zero-order valence-electron chi connectivity index (χ0n) is 7.38. The molecule has 1 fully saturated rings. The van der Waals surface area contributed by atoms with Crippen molar-refractivity contribution in [2.45, 2.75) is 12.8 Å². The van der Waals surface area contributed by atoms with Gasteiger partial charge in [0.25, 0.3) is 0 Å². The summed E-state index contributed by atoms with van der Waals surface area (Å²) in [6.45, 7) is 0.952. The van der Waals surface area contributed by atoms with E-state index in [-0.39, 0.29) is 24.9 Å². The van der Waals surface area contributed by atoms with Crippen LogP contribution in [0.3, 0.4) is 0 Å². The molecule has 0 spiro atoms. The molecule has 0 aliphatic carbocycles. The zero-order chi connectivity index (χ0) is 9.68. The number of hydrogen-bond acceptors (Lipinski definition) is 3. The smallest absolute Gasteiger partial charge is 0.243 e. The number of nitrogens with zero attached hydrogens (tertiary/aromatic N) is 1. The summed E-state index contributed by atoms with van der Waals surface area (Å²) in [6, 6.07) is 0. The average molecular weight is 180 g/mol. The first-order valence-corrected chi connectivity index (χ1v) is 4.23. The van der Waals surface area contributed by atoms with E-state index in [4.69, 9.17) is 6.42 Å². The van der Waals surface area contributed by atoms with E-state index in [1.807, 2.05) is 0 Å². The van der Waals surface area contributed by atoms with Gasteiger partial charge in [0.15, 0.2) is 0 Å². The van der Waals surface area contributed by atoms with Gasteiger partial charge in [-0.3, -0.25) is 19.8 Å². The third-order valence-electron chi connectivity index (χ3n) is 1.86. The third kappa shape index (κ3) is 2.56.